The van der Waals surface area contributed by atoms with Gasteiger partial charge in [-0.25, -0.2) is 0 Å². The highest BCUT2D eigenvalue weighted by Gasteiger charge is 2.45. The van der Waals surface area contributed by atoms with Crippen LogP contribution in [0.4, 0.5) is 0 Å². The molecule has 2 aliphatic rings. The van der Waals surface area contributed by atoms with E-state index in [9.17, 15) is 9.59 Å². The molecule has 2 heterocycles. The molecule has 2 aromatic carbocycles. The maximum Gasteiger partial charge on any atom is 0.257 e. The Bertz CT molecular complexity index is 1290. The van der Waals surface area contributed by atoms with Gasteiger partial charge in [0.05, 0.1) is 5.56 Å². The van der Waals surface area contributed by atoms with Gasteiger partial charge in [-0.1, -0.05) is 73.2 Å². The van der Waals surface area contributed by atoms with Crippen LogP contribution in [0.3, 0.4) is 0 Å². The monoisotopic (exact) mass is 537 g/mol. The summed E-state index contributed by atoms with van der Waals surface area (Å²) in [7, 11) is 0. The van der Waals surface area contributed by atoms with Crippen LogP contribution in [0.5, 0.6) is 0 Å². The maximum atomic E-state index is 13.9. The Morgan fingerprint density at radius 2 is 1.38 bits per heavy atom. The zero-order valence-corrected chi connectivity index (χ0v) is 22.9. The molecule has 0 radical (unpaired) electrons. The van der Waals surface area contributed by atoms with Gasteiger partial charge in [-0.15, -0.1) is 0 Å². The Labute approximate surface area is 228 Å². The topological polar surface area (TPSA) is 54.3 Å². The lowest BCUT2D eigenvalue weighted by Gasteiger charge is -2.28. The number of rotatable bonds is 6. The van der Waals surface area contributed by atoms with E-state index in [1.54, 1.807) is 4.90 Å². The van der Waals surface area contributed by atoms with E-state index in [0.717, 1.165) is 53.8 Å². The molecule has 0 saturated heterocycles. The summed E-state index contributed by atoms with van der Waals surface area (Å²) in [5.74, 6) is -0.180. The van der Waals surface area contributed by atoms with Crippen LogP contribution in [0.15, 0.2) is 48.5 Å². The van der Waals surface area contributed by atoms with Crippen LogP contribution in [-0.4, -0.2) is 27.3 Å². The van der Waals surface area contributed by atoms with Gasteiger partial charge in [-0.2, -0.15) is 0 Å². The van der Waals surface area contributed by atoms with E-state index in [2.05, 4.69) is 9.88 Å². The van der Waals surface area contributed by atoms with Crippen molar-refractivity contribution in [3.05, 3.63) is 92.2 Å². The predicted molar refractivity (Wildman–Crippen MR) is 148 cm³/mol. The minimum atomic E-state index is -0.661. The van der Waals surface area contributed by atoms with Gasteiger partial charge < -0.3 is 14.8 Å². The molecule has 1 saturated carbocycles. The number of hydrogen-bond acceptors (Lipinski definition) is 2. The maximum absolute atomic E-state index is 13.9. The lowest BCUT2D eigenvalue weighted by molar-refractivity contribution is -0.126. The molecule has 1 N–H and O–H groups in total. The van der Waals surface area contributed by atoms with Crippen molar-refractivity contribution in [1.82, 2.24) is 14.8 Å². The van der Waals surface area contributed by atoms with Gasteiger partial charge in [0, 0.05) is 46.1 Å². The number of carbonyl (C=O) groups excluding carboxylic acids is 2. The highest BCUT2D eigenvalue weighted by molar-refractivity contribution is 6.30. The molecule has 1 unspecified atom stereocenters. The molecule has 5 rings (SSSR count). The zero-order chi connectivity index (χ0) is 26.1. The number of carbonyl (C=O) groups is 2. The SMILES string of the molecule is Cc1c2c(c(C)n1Cc1ccc(Cl)cc1)C(C(=O)NC1CCCCCC1)N(Cc1ccc(Cl)cc1)C2=O. The second-order valence-electron chi connectivity index (χ2n) is 10.3. The molecule has 1 aliphatic heterocycles. The third kappa shape index (κ3) is 5.30. The molecule has 1 aromatic heterocycles. The molecule has 7 heteroatoms. The van der Waals surface area contributed by atoms with Crippen molar-refractivity contribution in [2.24, 2.45) is 0 Å². The second-order valence-corrected chi connectivity index (χ2v) is 11.2. The van der Waals surface area contributed by atoms with Crippen LogP contribution >= 0.6 is 23.2 Å². The van der Waals surface area contributed by atoms with Crippen LogP contribution in [0.2, 0.25) is 10.0 Å². The molecular formula is C30H33Cl2N3O2. The van der Waals surface area contributed by atoms with E-state index in [0.29, 0.717) is 28.7 Å². The Balaban J connectivity index is 1.50. The van der Waals surface area contributed by atoms with E-state index < -0.39 is 6.04 Å². The number of aromatic nitrogens is 1. The molecule has 1 atom stereocenters. The first kappa shape index (κ1) is 25.9. The molecule has 37 heavy (non-hydrogen) atoms. The van der Waals surface area contributed by atoms with Crippen LogP contribution in [-0.2, 0) is 17.9 Å². The molecule has 0 spiro atoms. The largest absolute Gasteiger partial charge is 0.351 e. The lowest BCUT2D eigenvalue weighted by Crippen LogP contribution is -2.43. The third-order valence-electron chi connectivity index (χ3n) is 7.86. The molecule has 3 aromatic rings. The first-order chi connectivity index (χ1) is 17.8. The van der Waals surface area contributed by atoms with E-state index in [-0.39, 0.29) is 17.9 Å². The van der Waals surface area contributed by atoms with Crippen LogP contribution in [0.1, 0.15) is 83.0 Å². The van der Waals surface area contributed by atoms with Crippen LogP contribution < -0.4 is 5.32 Å². The summed E-state index contributed by atoms with van der Waals surface area (Å²) in [5, 5.41) is 4.66. The summed E-state index contributed by atoms with van der Waals surface area (Å²) in [4.78, 5) is 29.5. The fraction of sp³-hybridized carbons (Fsp3) is 0.400. The fourth-order valence-electron chi connectivity index (χ4n) is 5.86. The van der Waals surface area contributed by atoms with Gasteiger partial charge in [-0.3, -0.25) is 9.59 Å². The van der Waals surface area contributed by atoms with E-state index in [1.807, 2.05) is 62.4 Å². The van der Waals surface area contributed by atoms with Crippen molar-refractivity contribution in [2.45, 2.75) is 77.5 Å². The van der Waals surface area contributed by atoms with E-state index in [4.69, 9.17) is 23.2 Å². The number of benzene rings is 2. The Morgan fingerprint density at radius 3 is 1.95 bits per heavy atom. The van der Waals surface area contributed by atoms with Gasteiger partial charge in [0.15, 0.2) is 0 Å². The number of nitrogens with zero attached hydrogens (tertiary/aromatic N) is 2. The first-order valence-corrected chi connectivity index (χ1v) is 13.9. The second kappa shape index (κ2) is 10.9. The number of amides is 2. The minimum Gasteiger partial charge on any atom is -0.351 e. The highest BCUT2D eigenvalue weighted by atomic mass is 35.5. The number of fused-ring (bicyclic) bond motifs is 1. The fourth-order valence-corrected chi connectivity index (χ4v) is 6.12. The van der Waals surface area contributed by atoms with E-state index in [1.165, 1.54) is 12.8 Å². The number of halogens is 2. The van der Waals surface area contributed by atoms with Crippen LogP contribution in [0, 0.1) is 13.8 Å². The first-order valence-electron chi connectivity index (χ1n) is 13.1. The van der Waals surface area contributed by atoms with Gasteiger partial charge in [0.25, 0.3) is 5.91 Å². The molecule has 1 aliphatic carbocycles. The lowest BCUT2D eigenvalue weighted by atomic mass is 10.0. The highest BCUT2D eigenvalue weighted by Crippen LogP contribution is 2.41. The van der Waals surface area contributed by atoms with E-state index >= 15 is 0 Å². The summed E-state index contributed by atoms with van der Waals surface area (Å²) in [6, 6.07) is 14.7. The van der Waals surface area contributed by atoms with Crippen molar-refractivity contribution in [1.29, 1.82) is 0 Å². The van der Waals surface area contributed by atoms with Crippen molar-refractivity contribution < 1.29 is 9.59 Å². The number of nitrogens with one attached hydrogen (secondary N) is 1. The predicted octanol–water partition coefficient (Wildman–Crippen LogP) is 7.00. The molecule has 0 bridgehead atoms. The minimum absolute atomic E-state index is 0.0836. The van der Waals surface area contributed by atoms with Gasteiger partial charge in [0.1, 0.15) is 6.04 Å². The Kier molecular flexibility index (Phi) is 7.64. The summed E-state index contributed by atoms with van der Waals surface area (Å²) < 4.78 is 2.15. The Hall–Kier alpha value is -2.76. The average molecular weight is 539 g/mol. The molecule has 1 fully saturated rings. The average Bonchev–Trinajstić information content (AvgIpc) is 3.13. The van der Waals surface area contributed by atoms with Crippen molar-refractivity contribution >= 4 is 35.0 Å². The summed E-state index contributed by atoms with van der Waals surface area (Å²) in [6.07, 6.45) is 6.67. The van der Waals surface area contributed by atoms with Crippen LogP contribution in [0.25, 0.3) is 0 Å². The quantitative estimate of drug-likeness (QED) is 0.344. The van der Waals surface area contributed by atoms with Crippen molar-refractivity contribution in [3.8, 4) is 0 Å². The standard InChI is InChI=1S/C30H33Cl2N3O2/c1-19-26-27(20(2)34(19)17-21-9-13-23(31)14-10-21)30(37)35(18-22-11-15-24(32)16-12-22)28(26)29(36)33-25-7-5-3-4-6-8-25/h9-16,25,28H,3-8,17-18H2,1-2H3,(H,33,36). The zero-order valence-electron chi connectivity index (χ0n) is 21.4. The molecule has 5 nitrogen and oxygen atoms in total. The van der Waals surface area contributed by atoms with Gasteiger partial charge in [0.2, 0.25) is 5.91 Å². The normalized spacial score (nSPS) is 18.1. The third-order valence-corrected chi connectivity index (χ3v) is 8.36. The molecule has 194 valence electrons. The summed E-state index contributed by atoms with van der Waals surface area (Å²) in [6.45, 7) is 4.96. The smallest absolute Gasteiger partial charge is 0.257 e. The van der Waals surface area contributed by atoms with Gasteiger partial charge >= 0.3 is 0 Å². The van der Waals surface area contributed by atoms with Crippen molar-refractivity contribution in [3.63, 3.8) is 0 Å². The Morgan fingerprint density at radius 1 is 0.838 bits per heavy atom. The summed E-state index contributed by atoms with van der Waals surface area (Å²) in [5.41, 5.74) is 5.36. The van der Waals surface area contributed by atoms with Gasteiger partial charge in [-0.05, 0) is 62.1 Å². The van der Waals surface area contributed by atoms with Crippen molar-refractivity contribution in [2.75, 3.05) is 0 Å². The summed E-state index contributed by atoms with van der Waals surface area (Å²) >= 11 is 12.2. The molecule has 2 amide bonds. The molecular weight excluding hydrogens is 505 g/mol. The number of hydrogen-bond donors (Lipinski definition) is 1.